The van der Waals surface area contributed by atoms with E-state index in [2.05, 4.69) is 15.9 Å². The summed E-state index contributed by atoms with van der Waals surface area (Å²) < 4.78 is 25.6. The number of carbonyl (C=O) groups excluding carboxylic acids is 2. The third-order valence-electron chi connectivity index (χ3n) is 5.49. The Kier molecular flexibility index (Phi) is 8.83. The fourth-order valence-electron chi connectivity index (χ4n) is 3.74. The zero-order chi connectivity index (χ0) is 25.5. The van der Waals surface area contributed by atoms with Gasteiger partial charge >= 0.3 is 0 Å². The fraction of sp³-hybridized carbons (Fsp3) is 0.214. The van der Waals surface area contributed by atoms with Crippen LogP contribution in [0.5, 0.6) is 11.5 Å². The maximum absolute atomic E-state index is 13.2. The van der Waals surface area contributed by atoms with Crippen LogP contribution in [0.4, 0.5) is 9.18 Å². The van der Waals surface area contributed by atoms with E-state index in [4.69, 9.17) is 9.47 Å². The Morgan fingerprint density at radius 2 is 1.75 bits per heavy atom. The van der Waals surface area contributed by atoms with Gasteiger partial charge in [0.15, 0.2) is 11.5 Å². The molecule has 5 nitrogen and oxygen atoms in total. The van der Waals surface area contributed by atoms with E-state index in [9.17, 15) is 14.0 Å². The molecule has 1 aliphatic heterocycles. The monoisotopic (exact) mass is 569 g/mol. The number of ether oxygens (including phenoxy) is 2. The summed E-state index contributed by atoms with van der Waals surface area (Å²) in [7, 11) is 0. The second-order valence-corrected chi connectivity index (χ2v) is 9.95. The standard InChI is InChI=1S/C28H25BrFNO4S/c1-2-34-24-16-21(15-23(29)26(24)35-18-20-10-12-22(30)13-11-20)17-25-27(32)31(28(33)36-25)14-6-9-19-7-4-3-5-8-19/h3-5,7-8,10-13,15-17H,2,6,9,14,18H2,1H3/b25-17+. The lowest BCUT2D eigenvalue weighted by atomic mass is 10.1. The predicted molar refractivity (Wildman–Crippen MR) is 143 cm³/mol. The third-order valence-corrected chi connectivity index (χ3v) is 6.99. The summed E-state index contributed by atoms with van der Waals surface area (Å²) in [6.45, 7) is 2.90. The van der Waals surface area contributed by atoms with Gasteiger partial charge in [-0.15, -0.1) is 0 Å². The topological polar surface area (TPSA) is 55.8 Å². The number of imide groups is 1. The summed E-state index contributed by atoms with van der Waals surface area (Å²) in [4.78, 5) is 27.1. The lowest BCUT2D eigenvalue weighted by Crippen LogP contribution is -2.29. The maximum atomic E-state index is 13.2. The lowest BCUT2D eigenvalue weighted by Gasteiger charge is -2.15. The van der Waals surface area contributed by atoms with Gasteiger partial charge in [0.05, 0.1) is 16.0 Å². The van der Waals surface area contributed by atoms with Crippen LogP contribution in [-0.4, -0.2) is 29.2 Å². The Morgan fingerprint density at radius 3 is 2.47 bits per heavy atom. The third kappa shape index (κ3) is 6.56. The van der Waals surface area contributed by atoms with Crippen LogP contribution in [-0.2, 0) is 17.8 Å². The highest BCUT2D eigenvalue weighted by Gasteiger charge is 2.34. The molecule has 0 bridgehead atoms. The smallest absolute Gasteiger partial charge is 0.293 e. The Balaban J connectivity index is 1.46. The molecule has 2 amide bonds. The van der Waals surface area contributed by atoms with Gasteiger partial charge in [0.1, 0.15) is 12.4 Å². The average molecular weight is 570 g/mol. The van der Waals surface area contributed by atoms with E-state index in [1.807, 2.05) is 43.3 Å². The second kappa shape index (κ2) is 12.2. The van der Waals surface area contributed by atoms with Crippen LogP contribution >= 0.6 is 27.7 Å². The molecule has 36 heavy (non-hydrogen) atoms. The van der Waals surface area contributed by atoms with E-state index < -0.39 is 0 Å². The minimum atomic E-state index is -0.306. The van der Waals surface area contributed by atoms with Crippen molar-refractivity contribution in [1.82, 2.24) is 4.90 Å². The van der Waals surface area contributed by atoms with Gasteiger partial charge in [0.25, 0.3) is 11.1 Å². The minimum Gasteiger partial charge on any atom is -0.490 e. The number of benzene rings is 3. The molecule has 1 heterocycles. The zero-order valence-corrected chi connectivity index (χ0v) is 22.1. The average Bonchev–Trinajstić information content (AvgIpc) is 3.13. The van der Waals surface area contributed by atoms with Gasteiger partial charge in [-0.1, -0.05) is 42.5 Å². The molecular formula is C28H25BrFNO4S. The fourth-order valence-corrected chi connectivity index (χ4v) is 5.18. The number of rotatable bonds is 10. The first-order chi connectivity index (χ1) is 17.4. The van der Waals surface area contributed by atoms with Crippen molar-refractivity contribution in [2.45, 2.75) is 26.4 Å². The van der Waals surface area contributed by atoms with Crippen molar-refractivity contribution < 1.29 is 23.5 Å². The van der Waals surface area contributed by atoms with Gasteiger partial charge in [-0.25, -0.2) is 4.39 Å². The molecule has 0 unspecified atom stereocenters. The Labute approximate surface area is 222 Å². The van der Waals surface area contributed by atoms with Gasteiger partial charge in [0, 0.05) is 6.54 Å². The van der Waals surface area contributed by atoms with Crippen LogP contribution in [0.1, 0.15) is 30.0 Å². The van der Waals surface area contributed by atoms with Crippen molar-refractivity contribution in [1.29, 1.82) is 0 Å². The summed E-state index contributed by atoms with van der Waals surface area (Å²) in [6, 6.07) is 19.7. The van der Waals surface area contributed by atoms with Crippen LogP contribution in [0.3, 0.4) is 0 Å². The molecule has 3 aromatic carbocycles. The molecule has 186 valence electrons. The highest BCUT2D eigenvalue weighted by atomic mass is 79.9. The van der Waals surface area contributed by atoms with Gasteiger partial charge in [-0.05, 0) is 94.5 Å². The zero-order valence-electron chi connectivity index (χ0n) is 19.7. The first-order valence-corrected chi connectivity index (χ1v) is 13.2. The molecule has 8 heteroatoms. The summed E-state index contributed by atoms with van der Waals surface area (Å²) >= 11 is 4.48. The van der Waals surface area contributed by atoms with Gasteiger partial charge in [-0.2, -0.15) is 0 Å². The maximum Gasteiger partial charge on any atom is 0.293 e. The predicted octanol–water partition coefficient (Wildman–Crippen LogP) is 7.24. The summed E-state index contributed by atoms with van der Waals surface area (Å²) in [5.41, 5.74) is 2.69. The number of nitrogens with zero attached hydrogens (tertiary/aromatic N) is 1. The molecule has 3 aromatic rings. The molecule has 0 N–H and O–H groups in total. The van der Waals surface area contributed by atoms with Gasteiger partial charge < -0.3 is 9.47 Å². The Morgan fingerprint density at radius 1 is 1.00 bits per heavy atom. The van der Waals surface area contributed by atoms with Crippen molar-refractivity contribution in [3.05, 3.63) is 98.6 Å². The van der Waals surface area contributed by atoms with E-state index in [1.165, 1.54) is 22.6 Å². The lowest BCUT2D eigenvalue weighted by molar-refractivity contribution is -0.122. The molecule has 1 saturated heterocycles. The molecule has 1 aliphatic rings. The van der Waals surface area contributed by atoms with Gasteiger partial charge in [0.2, 0.25) is 0 Å². The van der Waals surface area contributed by atoms with Crippen LogP contribution in [0.2, 0.25) is 0 Å². The first kappa shape index (κ1) is 26.0. The molecule has 4 rings (SSSR count). The highest BCUT2D eigenvalue weighted by molar-refractivity contribution is 9.10. The Hall–Kier alpha value is -3.10. The highest BCUT2D eigenvalue weighted by Crippen LogP contribution is 2.39. The molecule has 0 saturated carbocycles. The number of halogens is 2. The summed E-state index contributed by atoms with van der Waals surface area (Å²) in [5, 5.41) is -0.261. The first-order valence-electron chi connectivity index (χ1n) is 11.6. The summed E-state index contributed by atoms with van der Waals surface area (Å²) in [6.07, 6.45) is 3.19. The Bertz CT molecular complexity index is 1260. The van der Waals surface area contributed by atoms with Crippen molar-refractivity contribution >= 4 is 44.9 Å². The molecule has 0 atom stereocenters. The number of carbonyl (C=O) groups is 2. The largest absolute Gasteiger partial charge is 0.490 e. The van der Waals surface area contributed by atoms with Crippen molar-refractivity contribution in [3.63, 3.8) is 0 Å². The number of hydrogen-bond donors (Lipinski definition) is 0. The van der Waals surface area contributed by atoms with E-state index in [1.54, 1.807) is 24.3 Å². The SMILES string of the molecule is CCOc1cc(/C=C2/SC(=O)N(CCCc3ccccc3)C2=O)cc(Br)c1OCc1ccc(F)cc1. The normalized spacial score (nSPS) is 14.5. The number of amides is 2. The van der Waals surface area contributed by atoms with E-state index >= 15 is 0 Å². The summed E-state index contributed by atoms with van der Waals surface area (Å²) in [5.74, 6) is 0.415. The molecule has 0 aromatic heterocycles. The number of hydrogen-bond acceptors (Lipinski definition) is 5. The number of thioether (sulfide) groups is 1. The van der Waals surface area contributed by atoms with Crippen LogP contribution in [0, 0.1) is 5.82 Å². The van der Waals surface area contributed by atoms with E-state index in [-0.39, 0.29) is 23.6 Å². The minimum absolute atomic E-state index is 0.236. The quantitative estimate of drug-likeness (QED) is 0.241. The van der Waals surface area contributed by atoms with Crippen molar-refractivity contribution in [2.24, 2.45) is 0 Å². The molecule has 0 radical (unpaired) electrons. The van der Waals surface area contributed by atoms with Crippen molar-refractivity contribution in [3.8, 4) is 11.5 Å². The second-order valence-electron chi connectivity index (χ2n) is 8.10. The van der Waals surface area contributed by atoms with Crippen LogP contribution in [0.15, 0.2) is 76.1 Å². The van der Waals surface area contributed by atoms with Crippen LogP contribution < -0.4 is 9.47 Å². The molecule has 0 spiro atoms. The van der Waals surface area contributed by atoms with E-state index in [0.29, 0.717) is 46.0 Å². The molecule has 0 aliphatic carbocycles. The number of aryl methyl sites for hydroxylation is 1. The van der Waals surface area contributed by atoms with E-state index in [0.717, 1.165) is 23.7 Å². The van der Waals surface area contributed by atoms with Gasteiger partial charge in [-0.3, -0.25) is 14.5 Å². The van der Waals surface area contributed by atoms with Crippen molar-refractivity contribution in [2.75, 3.05) is 13.2 Å². The molecular weight excluding hydrogens is 545 g/mol. The molecule has 1 fully saturated rings. The van der Waals surface area contributed by atoms with Crippen LogP contribution in [0.25, 0.3) is 6.08 Å².